The molecule has 6 heteroatoms. The Balaban J connectivity index is 1.53. The Bertz CT molecular complexity index is 964. The number of aromatic nitrogens is 2. The highest BCUT2D eigenvalue weighted by Gasteiger charge is 2.25. The highest BCUT2D eigenvalue weighted by molar-refractivity contribution is 6.07. The van der Waals surface area contributed by atoms with Gasteiger partial charge >= 0.3 is 0 Å². The second-order valence-corrected chi connectivity index (χ2v) is 7.51. The van der Waals surface area contributed by atoms with Gasteiger partial charge in [0.15, 0.2) is 0 Å². The minimum absolute atomic E-state index is 0.182. The normalized spacial score (nSPS) is 20.7. The standard InChI is InChI=1S/C21H24N4O2/c1-13-10-14(2)24-21(27)17(13)11-22-20(26)16-8-5-9-19-18(16)12-23-25(19)15-6-3-4-7-15/h5,8-10,12,15,17H,3-4,6-7,11H2,1-2H3,(H,22,26). The average Bonchev–Trinajstić information content (AvgIpc) is 3.29. The second-order valence-electron chi connectivity index (χ2n) is 7.51. The van der Waals surface area contributed by atoms with E-state index in [4.69, 9.17) is 0 Å². The van der Waals surface area contributed by atoms with Crippen molar-refractivity contribution >= 4 is 28.4 Å². The number of hydrogen-bond donors (Lipinski definition) is 1. The van der Waals surface area contributed by atoms with Gasteiger partial charge in [0.25, 0.3) is 11.8 Å². The third kappa shape index (κ3) is 3.31. The van der Waals surface area contributed by atoms with Gasteiger partial charge in [0.1, 0.15) is 0 Å². The number of nitrogens with one attached hydrogen (secondary N) is 1. The Labute approximate surface area is 158 Å². The molecule has 0 bridgehead atoms. The van der Waals surface area contributed by atoms with Crippen molar-refractivity contribution in [3.8, 4) is 0 Å². The third-order valence-corrected chi connectivity index (χ3v) is 5.59. The summed E-state index contributed by atoms with van der Waals surface area (Å²) in [5, 5.41) is 8.33. The highest BCUT2D eigenvalue weighted by Crippen LogP contribution is 2.32. The number of aliphatic imine (C=N–C) groups is 1. The molecule has 2 aliphatic rings. The van der Waals surface area contributed by atoms with E-state index in [1.54, 1.807) is 13.1 Å². The van der Waals surface area contributed by atoms with Crippen molar-refractivity contribution < 1.29 is 9.59 Å². The van der Waals surface area contributed by atoms with Crippen molar-refractivity contribution in [3.63, 3.8) is 0 Å². The van der Waals surface area contributed by atoms with Crippen molar-refractivity contribution in [3.05, 3.63) is 41.6 Å². The fourth-order valence-electron chi connectivity index (χ4n) is 4.16. The molecule has 6 nitrogen and oxygen atoms in total. The summed E-state index contributed by atoms with van der Waals surface area (Å²) in [6, 6.07) is 6.16. The van der Waals surface area contributed by atoms with Crippen molar-refractivity contribution in [2.75, 3.05) is 6.54 Å². The fraction of sp³-hybridized carbons (Fsp3) is 0.429. The summed E-state index contributed by atoms with van der Waals surface area (Å²) in [6.07, 6.45) is 8.43. The fourth-order valence-corrected chi connectivity index (χ4v) is 4.16. The zero-order valence-electron chi connectivity index (χ0n) is 15.7. The van der Waals surface area contributed by atoms with Gasteiger partial charge < -0.3 is 5.32 Å². The van der Waals surface area contributed by atoms with Gasteiger partial charge in [0.2, 0.25) is 0 Å². The molecule has 2 aromatic rings. The molecule has 1 fully saturated rings. The van der Waals surface area contributed by atoms with Crippen LogP contribution in [0.15, 0.2) is 41.0 Å². The first kappa shape index (κ1) is 17.6. The van der Waals surface area contributed by atoms with E-state index in [-0.39, 0.29) is 18.4 Å². The van der Waals surface area contributed by atoms with E-state index < -0.39 is 5.92 Å². The smallest absolute Gasteiger partial charge is 0.254 e. The van der Waals surface area contributed by atoms with Crippen LogP contribution in [0, 0.1) is 5.92 Å². The first-order valence-electron chi connectivity index (χ1n) is 9.56. The molecule has 140 valence electrons. The lowest BCUT2D eigenvalue weighted by Crippen LogP contribution is -2.34. The van der Waals surface area contributed by atoms with Crippen LogP contribution in [-0.2, 0) is 4.79 Å². The molecular weight excluding hydrogens is 340 g/mol. The largest absolute Gasteiger partial charge is 0.351 e. The number of dihydropyridines is 1. The molecule has 1 aromatic heterocycles. The van der Waals surface area contributed by atoms with Crippen LogP contribution in [0.3, 0.4) is 0 Å². The van der Waals surface area contributed by atoms with Gasteiger partial charge in [0.05, 0.1) is 29.2 Å². The summed E-state index contributed by atoms with van der Waals surface area (Å²) in [5.74, 6) is -0.767. The topological polar surface area (TPSA) is 76.3 Å². The molecule has 2 amide bonds. The molecule has 1 aromatic carbocycles. The number of allylic oxidation sites excluding steroid dienone is 1. The van der Waals surface area contributed by atoms with E-state index in [0.717, 1.165) is 29.3 Å². The van der Waals surface area contributed by atoms with Gasteiger partial charge in [-0.15, -0.1) is 0 Å². The zero-order chi connectivity index (χ0) is 19.0. The summed E-state index contributed by atoms with van der Waals surface area (Å²) in [7, 11) is 0. The molecule has 27 heavy (non-hydrogen) atoms. The maximum atomic E-state index is 12.8. The summed E-state index contributed by atoms with van der Waals surface area (Å²) >= 11 is 0. The van der Waals surface area contributed by atoms with Crippen LogP contribution < -0.4 is 5.32 Å². The van der Waals surface area contributed by atoms with Crippen LogP contribution in [0.25, 0.3) is 10.9 Å². The maximum Gasteiger partial charge on any atom is 0.254 e. The Kier molecular flexibility index (Phi) is 4.64. The Hall–Kier alpha value is -2.76. The molecule has 0 radical (unpaired) electrons. The van der Waals surface area contributed by atoms with E-state index in [0.29, 0.717) is 17.3 Å². The van der Waals surface area contributed by atoms with Gasteiger partial charge in [-0.3, -0.25) is 14.3 Å². The zero-order valence-corrected chi connectivity index (χ0v) is 15.7. The van der Waals surface area contributed by atoms with Gasteiger partial charge in [-0.2, -0.15) is 5.10 Å². The van der Waals surface area contributed by atoms with Gasteiger partial charge in [-0.1, -0.05) is 24.5 Å². The van der Waals surface area contributed by atoms with Crippen molar-refractivity contribution in [2.45, 2.75) is 45.6 Å². The van der Waals surface area contributed by atoms with Gasteiger partial charge in [0, 0.05) is 17.6 Å². The highest BCUT2D eigenvalue weighted by atomic mass is 16.2. The average molecular weight is 364 g/mol. The minimum atomic E-state index is -0.391. The Morgan fingerprint density at radius 3 is 2.78 bits per heavy atom. The van der Waals surface area contributed by atoms with Crippen LogP contribution in [0.1, 0.15) is 55.9 Å². The summed E-state index contributed by atoms with van der Waals surface area (Å²) in [5.41, 5.74) is 3.24. The van der Waals surface area contributed by atoms with E-state index in [9.17, 15) is 9.59 Å². The number of hydrogen-bond acceptors (Lipinski definition) is 3. The first-order chi connectivity index (χ1) is 13.0. The third-order valence-electron chi connectivity index (χ3n) is 5.59. The molecule has 0 spiro atoms. The minimum Gasteiger partial charge on any atom is -0.351 e. The quantitative estimate of drug-likeness (QED) is 0.903. The second kappa shape index (κ2) is 7.10. The summed E-state index contributed by atoms with van der Waals surface area (Å²) in [6.45, 7) is 3.96. The molecule has 1 saturated carbocycles. The number of fused-ring (bicyclic) bond motifs is 1. The van der Waals surface area contributed by atoms with Crippen molar-refractivity contribution in [2.24, 2.45) is 10.9 Å². The number of rotatable bonds is 4. The molecule has 2 heterocycles. The van der Waals surface area contributed by atoms with E-state index >= 15 is 0 Å². The van der Waals surface area contributed by atoms with Crippen LogP contribution in [0.5, 0.6) is 0 Å². The molecule has 1 aliphatic carbocycles. The number of benzene rings is 1. The van der Waals surface area contributed by atoms with Gasteiger partial charge in [-0.05, 0) is 44.9 Å². The number of amides is 2. The lowest BCUT2D eigenvalue weighted by Gasteiger charge is -2.19. The van der Waals surface area contributed by atoms with Gasteiger partial charge in [-0.25, -0.2) is 4.99 Å². The lowest BCUT2D eigenvalue weighted by molar-refractivity contribution is -0.120. The summed E-state index contributed by atoms with van der Waals surface area (Å²) in [4.78, 5) is 28.9. The summed E-state index contributed by atoms with van der Waals surface area (Å²) < 4.78 is 2.06. The van der Waals surface area contributed by atoms with E-state index in [1.165, 1.54) is 12.8 Å². The lowest BCUT2D eigenvalue weighted by atomic mass is 9.95. The number of carbonyl (C=O) groups is 2. The van der Waals surface area contributed by atoms with Crippen molar-refractivity contribution in [1.82, 2.24) is 15.1 Å². The predicted molar refractivity (Wildman–Crippen MR) is 105 cm³/mol. The molecule has 1 atom stereocenters. The van der Waals surface area contributed by atoms with Crippen LogP contribution >= 0.6 is 0 Å². The molecule has 4 rings (SSSR count). The van der Waals surface area contributed by atoms with E-state index in [1.807, 2.05) is 31.2 Å². The van der Waals surface area contributed by atoms with E-state index in [2.05, 4.69) is 20.1 Å². The Morgan fingerprint density at radius 1 is 1.26 bits per heavy atom. The SMILES string of the molecule is CC1=CC(C)=NC(=O)C1CNC(=O)c1cccc2c1cnn2C1CCCC1. The number of nitrogens with zero attached hydrogens (tertiary/aromatic N) is 3. The molecule has 1 N–H and O–H groups in total. The van der Waals surface area contributed by atoms with Crippen LogP contribution in [0.4, 0.5) is 0 Å². The molecule has 0 saturated heterocycles. The molecular formula is C21H24N4O2. The predicted octanol–water partition coefficient (Wildman–Crippen LogP) is 3.44. The Morgan fingerprint density at radius 2 is 2.04 bits per heavy atom. The van der Waals surface area contributed by atoms with Crippen LogP contribution in [0.2, 0.25) is 0 Å². The monoisotopic (exact) mass is 364 g/mol. The maximum absolute atomic E-state index is 12.8. The number of carbonyl (C=O) groups excluding carboxylic acids is 2. The first-order valence-corrected chi connectivity index (χ1v) is 9.56. The van der Waals surface area contributed by atoms with Crippen LogP contribution in [-0.4, -0.2) is 33.9 Å². The molecule has 1 aliphatic heterocycles. The molecule has 1 unspecified atom stereocenters. The van der Waals surface area contributed by atoms with Crippen molar-refractivity contribution in [1.29, 1.82) is 0 Å².